The van der Waals surface area contributed by atoms with Crippen LogP contribution in [0.5, 0.6) is 0 Å². The number of nitrogens with zero attached hydrogens (tertiary/aromatic N) is 3. The van der Waals surface area contributed by atoms with E-state index in [0.717, 1.165) is 11.1 Å². The molecule has 0 saturated heterocycles. The van der Waals surface area contributed by atoms with E-state index in [2.05, 4.69) is 20.7 Å². The fourth-order valence-electron chi connectivity index (χ4n) is 3.04. The second kappa shape index (κ2) is 11.5. The van der Waals surface area contributed by atoms with Crippen LogP contribution in [0.4, 0.5) is 0 Å². The molecule has 0 aliphatic heterocycles. The van der Waals surface area contributed by atoms with Crippen LogP contribution in [-0.2, 0) is 16.6 Å². The van der Waals surface area contributed by atoms with Gasteiger partial charge in [0, 0.05) is 59.9 Å². The predicted molar refractivity (Wildman–Crippen MR) is 124 cm³/mol. The smallest absolute Gasteiger partial charge is 0.191 e. The first-order valence-electron chi connectivity index (χ1n) is 9.73. The van der Waals surface area contributed by atoms with Crippen LogP contribution in [0.1, 0.15) is 17.2 Å². The molecule has 2 unspecified atom stereocenters. The van der Waals surface area contributed by atoms with E-state index in [1.54, 1.807) is 13.2 Å². The molecule has 0 saturated carbocycles. The second-order valence-electron chi connectivity index (χ2n) is 6.71. The van der Waals surface area contributed by atoms with Crippen molar-refractivity contribution in [2.24, 2.45) is 4.99 Å². The van der Waals surface area contributed by atoms with Gasteiger partial charge < -0.3 is 10.6 Å². The molecule has 8 heteroatoms. The lowest BCUT2D eigenvalue weighted by Gasteiger charge is -2.20. The number of hydrogen-bond acceptors (Lipinski definition) is 3. The topological polar surface area (TPSA) is 71.3 Å². The minimum Gasteiger partial charge on any atom is -0.355 e. The summed E-state index contributed by atoms with van der Waals surface area (Å²) < 4.78 is 14.2. The molecule has 6 nitrogen and oxygen atoms in total. The van der Waals surface area contributed by atoms with Crippen molar-refractivity contribution in [2.75, 3.05) is 25.9 Å². The van der Waals surface area contributed by atoms with E-state index in [-0.39, 0.29) is 6.04 Å². The Kier molecular flexibility index (Phi) is 8.47. The van der Waals surface area contributed by atoms with E-state index in [1.807, 2.05) is 71.5 Å². The third-order valence-corrected chi connectivity index (χ3v) is 6.14. The molecule has 0 fully saturated rings. The highest BCUT2D eigenvalue weighted by Gasteiger charge is 2.15. The van der Waals surface area contributed by atoms with Gasteiger partial charge in [-0.3, -0.25) is 13.9 Å². The molecule has 1 heterocycles. The van der Waals surface area contributed by atoms with Crippen molar-refractivity contribution in [3.05, 3.63) is 89.2 Å². The van der Waals surface area contributed by atoms with Crippen LogP contribution in [0.15, 0.2) is 78.0 Å². The van der Waals surface area contributed by atoms with Gasteiger partial charge in [-0.1, -0.05) is 54.1 Å². The quantitative estimate of drug-likeness (QED) is 0.393. The Morgan fingerprint density at radius 1 is 1.13 bits per heavy atom. The molecule has 0 spiro atoms. The summed E-state index contributed by atoms with van der Waals surface area (Å²) in [5.41, 5.74) is 2.18. The molecule has 0 aliphatic rings. The van der Waals surface area contributed by atoms with Gasteiger partial charge >= 0.3 is 0 Å². The Hall–Kier alpha value is -2.64. The zero-order valence-electron chi connectivity index (χ0n) is 16.9. The van der Waals surface area contributed by atoms with E-state index < -0.39 is 10.8 Å². The molecule has 30 heavy (non-hydrogen) atoms. The standard InChI is InChI=1S/C22H26ClN5OS/c1-24-22(25-13-15-30(29)17-18-6-3-2-4-7-18)26-16-21(28-14-5-12-27-28)19-8-10-20(23)11-9-19/h2-12,14,21H,13,15-17H2,1H3,(H2,24,25,26). The Morgan fingerprint density at radius 2 is 1.90 bits per heavy atom. The maximum atomic E-state index is 12.3. The van der Waals surface area contributed by atoms with Gasteiger partial charge in [0.05, 0.1) is 6.04 Å². The lowest BCUT2D eigenvalue weighted by molar-refractivity contribution is 0.511. The zero-order valence-corrected chi connectivity index (χ0v) is 18.4. The van der Waals surface area contributed by atoms with Gasteiger partial charge in [-0.2, -0.15) is 5.10 Å². The average Bonchev–Trinajstić information content (AvgIpc) is 3.29. The highest BCUT2D eigenvalue weighted by Crippen LogP contribution is 2.19. The molecular weight excluding hydrogens is 418 g/mol. The Balaban J connectivity index is 1.51. The molecule has 0 bridgehead atoms. The van der Waals surface area contributed by atoms with Crippen LogP contribution < -0.4 is 10.6 Å². The fraction of sp³-hybridized carbons (Fsp3) is 0.273. The van der Waals surface area contributed by atoms with Crippen molar-refractivity contribution in [1.82, 2.24) is 20.4 Å². The van der Waals surface area contributed by atoms with Crippen molar-refractivity contribution in [2.45, 2.75) is 11.8 Å². The maximum absolute atomic E-state index is 12.3. The SMILES string of the molecule is CN=C(NCCS(=O)Cc1ccccc1)NCC(c1ccc(Cl)cc1)n1cccn1. The van der Waals surface area contributed by atoms with Crippen molar-refractivity contribution in [3.63, 3.8) is 0 Å². The van der Waals surface area contributed by atoms with Crippen LogP contribution in [0, 0.1) is 0 Å². The summed E-state index contributed by atoms with van der Waals surface area (Å²) >= 11 is 6.03. The minimum atomic E-state index is -0.930. The maximum Gasteiger partial charge on any atom is 0.191 e. The normalized spacial score (nSPS) is 13.6. The second-order valence-corrected chi connectivity index (χ2v) is 8.72. The van der Waals surface area contributed by atoms with Gasteiger partial charge in [0.25, 0.3) is 0 Å². The first-order chi connectivity index (χ1) is 14.7. The lowest BCUT2D eigenvalue weighted by atomic mass is 10.1. The number of halogens is 1. The van der Waals surface area contributed by atoms with Crippen molar-refractivity contribution in [3.8, 4) is 0 Å². The van der Waals surface area contributed by atoms with Gasteiger partial charge in [0.1, 0.15) is 0 Å². The largest absolute Gasteiger partial charge is 0.355 e. The molecule has 2 N–H and O–H groups in total. The average molecular weight is 444 g/mol. The zero-order chi connectivity index (χ0) is 21.2. The molecule has 3 rings (SSSR count). The van der Waals surface area contributed by atoms with Gasteiger partial charge in [-0.25, -0.2) is 0 Å². The van der Waals surface area contributed by atoms with Crippen LogP contribution in [0.2, 0.25) is 5.02 Å². The Labute approximate surface area is 184 Å². The number of nitrogens with one attached hydrogen (secondary N) is 2. The van der Waals surface area contributed by atoms with Crippen molar-refractivity contribution in [1.29, 1.82) is 0 Å². The first-order valence-corrected chi connectivity index (χ1v) is 11.6. The Bertz CT molecular complexity index is 945. The molecule has 0 aliphatic carbocycles. The number of guanidine groups is 1. The first kappa shape index (κ1) is 22.1. The highest BCUT2D eigenvalue weighted by molar-refractivity contribution is 7.84. The summed E-state index contributed by atoms with van der Waals surface area (Å²) in [5, 5.41) is 11.7. The molecule has 2 atom stereocenters. The van der Waals surface area contributed by atoms with Gasteiger partial charge in [-0.05, 0) is 29.3 Å². The number of benzene rings is 2. The summed E-state index contributed by atoms with van der Waals surface area (Å²) in [6, 6.07) is 19.5. The van der Waals surface area contributed by atoms with E-state index in [1.165, 1.54) is 0 Å². The van der Waals surface area contributed by atoms with Crippen LogP contribution in [0.25, 0.3) is 0 Å². The summed E-state index contributed by atoms with van der Waals surface area (Å²) in [4.78, 5) is 4.27. The molecule has 3 aromatic rings. The minimum absolute atomic E-state index is 0.0111. The highest BCUT2D eigenvalue weighted by atomic mass is 35.5. The molecule has 0 amide bonds. The number of aliphatic imine (C=N–C) groups is 1. The predicted octanol–water partition coefficient (Wildman–Crippen LogP) is 3.24. The van der Waals surface area contributed by atoms with Crippen LogP contribution in [-0.4, -0.2) is 45.8 Å². The fourth-order valence-corrected chi connectivity index (χ4v) is 4.21. The molecule has 0 radical (unpaired) electrons. The number of rotatable bonds is 9. The number of aromatic nitrogens is 2. The van der Waals surface area contributed by atoms with Crippen molar-refractivity contribution >= 4 is 28.4 Å². The van der Waals surface area contributed by atoms with Gasteiger partial charge in [0.2, 0.25) is 0 Å². The van der Waals surface area contributed by atoms with E-state index >= 15 is 0 Å². The third kappa shape index (κ3) is 6.71. The molecular formula is C22H26ClN5OS. The van der Waals surface area contributed by atoms with Crippen molar-refractivity contribution < 1.29 is 4.21 Å². The summed E-state index contributed by atoms with van der Waals surface area (Å²) in [6.45, 7) is 1.17. The number of hydrogen-bond donors (Lipinski definition) is 2. The summed E-state index contributed by atoms with van der Waals surface area (Å²) in [5.74, 6) is 1.78. The monoisotopic (exact) mass is 443 g/mol. The van der Waals surface area contributed by atoms with E-state index in [9.17, 15) is 4.21 Å². The molecule has 2 aromatic carbocycles. The molecule has 158 valence electrons. The lowest BCUT2D eigenvalue weighted by Crippen LogP contribution is -2.41. The van der Waals surface area contributed by atoms with E-state index in [0.29, 0.717) is 35.6 Å². The van der Waals surface area contributed by atoms with Gasteiger partial charge in [0.15, 0.2) is 5.96 Å². The van der Waals surface area contributed by atoms with Gasteiger partial charge in [-0.15, -0.1) is 0 Å². The summed E-state index contributed by atoms with van der Waals surface area (Å²) in [7, 11) is 0.793. The van der Waals surface area contributed by atoms with E-state index in [4.69, 9.17) is 11.6 Å². The third-order valence-electron chi connectivity index (χ3n) is 4.58. The van der Waals surface area contributed by atoms with Crippen LogP contribution in [0.3, 0.4) is 0 Å². The summed E-state index contributed by atoms with van der Waals surface area (Å²) in [6.07, 6.45) is 3.70. The van der Waals surface area contributed by atoms with Crippen LogP contribution >= 0.6 is 11.6 Å². The molecule has 1 aromatic heterocycles. The Morgan fingerprint density at radius 3 is 2.57 bits per heavy atom.